The average molecular weight is 296 g/mol. The van der Waals surface area contributed by atoms with Gasteiger partial charge in [-0.1, -0.05) is 30.3 Å². The molecule has 1 amide bonds. The van der Waals surface area contributed by atoms with E-state index in [0.717, 1.165) is 5.56 Å². The molecule has 20 heavy (non-hydrogen) atoms. The summed E-state index contributed by atoms with van der Waals surface area (Å²) in [4.78, 5) is 14.0. The Hall–Kier alpha value is -1.40. The predicted octanol–water partition coefficient (Wildman–Crippen LogP) is 0.0610. The fourth-order valence-electron chi connectivity index (χ4n) is 2.36. The van der Waals surface area contributed by atoms with Gasteiger partial charge in [-0.2, -0.15) is 0 Å². The van der Waals surface area contributed by atoms with Crippen molar-refractivity contribution in [2.24, 2.45) is 11.7 Å². The van der Waals surface area contributed by atoms with Crippen molar-refractivity contribution >= 4 is 15.7 Å². The second-order valence-electron chi connectivity index (χ2n) is 5.10. The topological polar surface area (TPSA) is 80.5 Å². The molecule has 6 heteroatoms. The van der Waals surface area contributed by atoms with E-state index in [-0.39, 0.29) is 43.0 Å². The SMILES string of the molecule is NCC(Cc1ccccc1)C(=O)N1CCS(=O)(=O)CC1. The lowest BCUT2D eigenvalue weighted by Crippen LogP contribution is -2.47. The van der Waals surface area contributed by atoms with Gasteiger partial charge in [0, 0.05) is 19.6 Å². The highest BCUT2D eigenvalue weighted by molar-refractivity contribution is 7.91. The number of carbonyl (C=O) groups excluding carboxylic acids is 1. The molecular formula is C14H20N2O3S. The Morgan fingerprint density at radius 3 is 2.35 bits per heavy atom. The minimum atomic E-state index is -2.97. The second kappa shape index (κ2) is 6.37. The maximum absolute atomic E-state index is 12.4. The highest BCUT2D eigenvalue weighted by Gasteiger charge is 2.29. The van der Waals surface area contributed by atoms with Crippen LogP contribution < -0.4 is 5.73 Å². The molecule has 1 unspecified atom stereocenters. The largest absolute Gasteiger partial charge is 0.340 e. The van der Waals surface area contributed by atoms with Crippen LogP contribution in [-0.4, -0.2) is 50.4 Å². The molecule has 1 aromatic rings. The van der Waals surface area contributed by atoms with E-state index in [2.05, 4.69) is 0 Å². The number of nitrogens with zero attached hydrogens (tertiary/aromatic N) is 1. The summed E-state index contributed by atoms with van der Waals surface area (Å²) in [5.41, 5.74) is 6.79. The molecule has 1 heterocycles. The van der Waals surface area contributed by atoms with Crippen molar-refractivity contribution < 1.29 is 13.2 Å². The summed E-state index contributed by atoms with van der Waals surface area (Å²) in [7, 11) is -2.97. The van der Waals surface area contributed by atoms with Crippen LogP contribution in [0.15, 0.2) is 30.3 Å². The molecule has 0 spiro atoms. The zero-order chi connectivity index (χ0) is 14.6. The third kappa shape index (κ3) is 3.80. The first-order valence-corrected chi connectivity index (χ1v) is 8.57. The van der Waals surface area contributed by atoms with Crippen molar-refractivity contribution in [2.45, 2.75) is 6.42 Å². The number of carbonyl (C=O) groups is 1. The van der Waals surface area contributed by atoms with Gasteiger partial charge in [0.05, 0.1) is 17.4 Å². The maximum Gasteiger partial charge on any atom is 0.227 e. The summed E-state index contributed by atoms with van der Waals surface area (Å²) in [6.45, 7) is 0.843. The van der Waals surface area contributed by atoms with Gasteiger partial charge in [0.15, 0.2) is 9.84 Å². The maximum atomic E-state index is 12.4. The summed E-state index contributed by atoms with van der Waals surface area (Å²) in [6.07, 6.45) is 0.597. The summed E-state index contributed by atoms with van der Waals surface area (Å²) in [6, 6.07) is 9.73. The van der Waals surface area contributed by atoms with E-state index >= 15 is 0 Å². The van der Waals surface area contributed by atoms with Crippen LogP contribution in [-0.2, 0) is 21.1 Å². The van der Waals surface area contributed by atoms with E-state index < -0.39 is 9.84 Å². The van der Waals surface area contributed by atoms with Crippen molar-refractivity contribution in [3.63, 3.8) is 0 Å². The molecular weight excluding hydrogens is 276 g/mol. The molecule has 5 nitrogen and oxygen atoms in total. The van der Waals surface area contributed by atoms with Gasteiger partial charge in [0.2, 0.25) is 5.91 Å². The van der Waals surface area contributed by atoms with Crippen LogP contribution in [0.1, 0.15) is 5.56 Å². The zero-order valence-corrected chi connectivity index (χ0v) is 12.2. The van der Waals surface area contributed by atoms with E-state index in [1.54, 1.807) is 4.90 Å². The normalized spacial score (nSPS) is 19.6. The summed E-state index contributed by atoms with van der Waals surface area (Å²) in [5.74, 6) is -0.201. The highest BCUT2D eigenvalue weighted by Crippen LogP contribution is 2.13. The Kier molecular flexibility index (Phi) is 4.77. The Morgan fingerprint density at radius 2 is 1.80 bits per heavy atom. The van der Waals surface area contributed by atoms with E-state index in [1.807, 2.05) is 30.3 Å². The fraction of sp³-hybridized carbons (Fsp3) is 0.500. The lowest BCUT2D eigenvalue weighted by atomic mass is 9.98. The van der Waals surface area contributed by atoms with Crippen LogP contribution in [0.5, 0.6) is 0 Å². The quantitative estimate of drug-likeness (QED) is 0.852. The molecule has 0 aliphatic carbocycles. The molecule has 0 bridgehead atoms. The average Bonchev–Trinajstić information content (AvgIpc) is 2.45. The molecule has 1 aromatic carbocycles. The Morgan fingerprint density at radius 1 is 1.20 bits per heavy atom. The molecule has 0 aromatic heterocycles. The van der Waals surface area contributed by atoms with Crippen LogP contribution in [0.2, 0.25) is 0 Å². The van der Waals surface area contributed by atoms with Crippen molar-refractivity contribution in [1.29, 1.82) is 0 Å². The van der Waals surface area contributed by atoms with E-state index in [1.165, 1.54) is 0 Å². The minimum Gasteiger partial charge on any atom is -0.340 e. The van der Waals surface area contributed by atoms with Gasteiger partial charge in [-0.25, -0.2) is 8.42 Å². The van der Waals surface area contributed by atoms with Crippen molar-refractivity contribution in [3.8, 4) is 0 Å². The molecule has 1 aliphatic heterocycles. The third-order valence-electron chi connectivity index (χ3n) is 3.61. The fourth-order valence-corrected chi connectivity index (χ4v) is 3.56. The van der Waals surface area contributed by atoms with Gasteiger partial charge in [-0.05, 0) is 12.0 Å². The number of hydrogen-bond acceptors (Lipinski definition) is 4. The van der Waals surface area contributed by atoms with Crippen molar-refractivity contribution in [1.82, 2.24) is 4.90 Å². The summed E-state index contributed by atoms with van der Waals surface area (Å²) < 4.78 is 22.8. The van der Waals surface area contributed by atoms with E-state index in [4.69, 9.17) is 5.73 Å². The molecule has 1 saturated heterocycles. The number of nitrogens with two attached hydrogens (primary N) is 1. The van der Waals surface area contributed by atoms with Gasteiger partial charge in [-0.15, -0.1) is 0 Å². The van der Waals surface area contributed by atoms with Crippen LogP contribution in [0.3, 0.4) is 0 Å². The molecule has 1 aliphatic rings. The number of benzene rings is 1. The first kappa shape index (κ1) is 15.0. The molecule has 0 saturated carbocycles. The smallest absolute Gasteiger partial charge is 0.227 e. The number of sulfone groups is 1. The van der Waals surface area contributed by atoms with Gasteiger partial charge in [0.25, 0.3) is 0 Å². The molecule has 0 radical (unpaired) electrons. The lowest BCUT2D eigenvalue weighted by Gasteiger charge is -2.30. The van der Waals surface area contributed by atoms with Gasteiger partial charge < -0.3 is 10.6 Å². The molecule has 2 N–H and O–H groups in total. The van der Waals surface area contributed by atoms with Gasteiger partial charge >= 0.3 is 0 Å². The Labute approximate surface area is 119 Å². The summed E-state index contributed by atoms with van der Waals surface area (Å²) in [5, 5.41) is 0. The van der Waals surface area contributed by atoms with Gasteiger partial charge in [0.1, 0.15) is 0 Å². The van der Waals surface area contributed by atoms with Crippen LogP contribution in [0.25, 0.3) is 0 Å². The van der Waals surface area contributed by atoms with E-state index in [0.29, 0.717) is 6.42 Å². The zero-order valence-electron chi connectivity index (χ0n) is 11.4. The number of rotatable bonds is 4. The van der Waals surface area contributed by atoms with Crippen LogP contribution >= 0.6 is 0 Å². The first-order chi connectivity index (χ1) is 9.52. The third-order valence-corrected chi connectivity index (χ3v) is 5.22. The Bertz CT molecular complexity index is 543. The Balaban J connectivity index is 1.99. The summed E-state index contributed by atoms with van der Waals surface area (Å²) >= 11 is 0. The van der Waals surface area contributed by atoms with Crippen molar-refractivity contribution in [2.75, 3.05) is 31.1 Å². The van der Waals surface area contributed by atoms with Crippen LogP contribution in [0.4, 0.5) is 0 Å². The van der Waals surface area contributed by atoms with Gasteiger partial charge in [-0.3, -0.25) is 4.79 Å². The second-order valence-corrected chi connectivity index (χ2v) is 7.40. The first-order valence-electron chi connectivity index (χ1n) is 6.75. The predicted molar refractivity (Wildman–Crippen MR) is 77.9 cm³/mol. The molecule has 110 valence electrons. The monoisotopic (exact) mass is 296 g/mol. The van der Waals surface area contributed by atoms with E-state index in [9.17, 15) is 13.2 Å². The standard InChI is InChI=1S/C14H20N2O3S/c15-11-13(10-12-4-2-1-3-5-12)14(17)16-6-8-20(18,19)9-7-16/h1-5,13H,6-11,15H2. The number of amides is 1. The van der Waals surface area contributed by atoms with Crippen molar-refractivity contribution in [3.05, 3.63) is 35.9 Å². The molecule has 1 atom stereocenters. The highest BCUT2D eigenvalue weighted by atomic mass is 32.2. The van der Waals surface area contributed by atoms with Crippen LogP contribution in [0, 0.1) is 5.92 Å². The lowest BCUT2D eigenvalue weighted by molar-refractivity contribution is -0.134. The molecule has 2 rings (SSSR count). The molecule has 1 fully saturated rings. The minimum absolute atomic E-state index is 0.0359. The number of hydrogen-bond donors (Lipinski definition) is 1.